The molecule has 102 valence electrons. The van der Waals surface area contributed by atoms with E-state index in [-0.39, 0.29) is 6.04 Å². The normalized spacial score (nSPS) is 13.0. The fraction of sp³-hybridized carbons (Fsp3) is 0.250. The number of pyridine rings is 1. The number of benzene rings is 1. The van der Waals surface area contributed by atoms with Crippen LogP contribution in [-0.4, -0.2) is 19.6 Å². The lowest BCUT2D eigenvalue weighted by molar-refractivity contribution is 0.209. The molecule has 0 saturated carbocycles. The second-order valence-electron chi connectivity index (χ2n) is 5.14. The molecule has 0 radical (unpaired) electrons. The highest BCUT2D eigenvalue weighted by molar-refractivity contribution is 5.82. The van der Waals surface area contributed by atoms with Gasteiger partial charge in [0.2, 0.25) is 0 Å². The second kappa shape index (κ2) is 5.06. The third kappa shape index (κ3) is 2.08. The monoisotopic (exact) mass is 267 g/mol. The summed E-state index contributed by atoms with van der Waals surface area (Å²) in [5, 5.41) is 11.7. The Kier molecular flexibility index (Phi) is 3.24. The van der Waals surface area contributed by atoms with E-state index in [0.717, 1.165) is 22.2 Å². The summed E-state index contributed by atoms with van der Waals surface area (Å²) < 4.78 is 1.98. The molecule has 0 fully saturated rings. The quantitative estimate of drug-likeness (QED) is 0.793. The average molecular weight is 267 g/mol. The van der Waals surface area contributed by atoms with Gasteiger partial charge in [0.15, 0.2) is 0 Å². The van der Waals surface area contributed by atoms with Crippen LogP contribution >= 0.6 is 0 Å². The van der Waals surface area contributed by atoms with Gasteiger partial charge in [-0.05, 0) is 19.9 Å². The number of para-hydroxylation sites is 1. The lowest BCUT2D eigenvalue weighted by atomic mass is 10.0. The summed E-state index contributed by atoms with van der Waals surface area (Å²) in [6.45, 7) is 4.14. The van der Waals surface area contributed by atoms with Gasteiger partial charge in [-0.1, -0.05) is 24.3 Å². The van der Waals surface area contributed by atoms with Gasteiger partial charge in [-0.15, -0.1) is 0 Å². The van der Waals surface area contributed by atoms with Gasteiger partial charge in [-0.2, -0.15) is 0 Å². The maximum absolute atomic E-state index is 10.7. The number of aliphatic hydroxyl groups excluding tert-OH is 1. The van der Waals surface area contributed by atoms with Crippen molar-refractivity contribution in [3.05, 3.63) is 60.3 Å². The summed E-state index contributed by atoms with van der Waals surface area (Å²) in [6.07, 6.45) is 4.49. The summed E-state index contributed by atoms with van der Waals surface area (Å²) in [7, 11) is 0. The van der Waals surface area contributed by atoms with Crippen molar-refractivity contribution >= 4 is 10.9 Å². The van der Waals surface area contributed by atoms with E-state index in [1.165, 1.54) is 0 Å². The zero-order valence-corrected chi connectivity index (χ0v) is 11.6. The number of imidazole rings is 1. The molecule has 1 unspecified atom stereocenters. The molecule has 0 aliphatic heterocycles. The maximum atomic E-state index is 10.7. The number of nitrogens with zero attached hydrogens (tertiary/aromatic N) is 3. The van der Waals surface area contributed by atoms with E-state index in [4.69, 9.17) is 0 Å². The number of aromatic nitrogens is 3. The minimum absolute atomic E-state index is 0.255. The van der Waals surface area contributed by atoms with Crippen molar-refractivity contribution in [2.24, 2.45) is 0 Å². The van der Waals surface area contributed by atoms with Crippen molar-refractivity contribution in [3.8, 4) is 0 Å². The van der Waals surface area contributed by atoms with Gasteiger partial charge in [0.05, 0.1) is 23.7 Å². The summed E-state index contributed by atoms with van der Waals surface area (Å²) >= 11 is 0. The minimum atomic E-state index is -0.724. The molecule has 2 aromatic heterocycles. The average Bonchev–Trinajstić information content (AvgIpc) is 2.95. The highest BCUT2D eigenvalue weighted by Crippen LogP contribution is 2.28. The van der Waals surface area contributed by atoms with Gasteiger partial charge in [0, 0.05) is 23.2 Å². The van der Waals surface area contributed by atoms with E-state index < -0.39 is 6.10 Å². The van der Waals surface area contributed by atoms with Gasteiger partial charge < -0.3 is 9.67 Å². The molecule has 1 N–H and O–H groups in total. The number of aliphatic hydroxyl groups is 1. The van der Waals surface area contributed by atoms with Crippen molar-refractivity contribution in [1.29, 1.82) is 0 Å². The van der Waals surface area contributed by atoms with Crippen LogP contribution in [0.5, 0.6) is 0 Å². The molecule has 20 heavy (non-hydrogen) atoms. The van der Waals surface area contributed by atoms with Crippen LogP contribution < -0.4 is 0 Å². The van der Waals surface area contributed by atoms with Crippen molar-refractivity contribution < 1.29 is 5.11 Å². The zero-order valence-electron chi connectivity index (χ0n) is 11.6. The molecule has 2 heterocycles. The van der Waals surface area contributed by atoms with Crippen LogP contribution in [0.25, 0.3) is 10.9 Å². The summed E-state index contributed by atoms with van der Waals surface area (Å²) in [5.74, 6) is 0. The molecule has 1 aromatic carbocycles. The molecule has 1 atom stereocenters. The number of hydrogen-bond acceptors (Lipinski definition) is 3. The third-order valence-corrected chi connectivity index (χ3v) is 3.49. The van der Waals surface area contributed by atoms with E-state index in [2.05, 4.69) is 23.8 Å². The van der Waals surface area contributed by atoms with Crippen LogP contribution in [0.1, 0.15) is 37.3 Å². The Bertz CT molecular complexity index is 728. The largest absolute Gasteiger partial charge is 0.382 e. The van der Waals surface area contributed by atoms with Crippen LogP contribution in [0.2, 0.25) is 0 Å². The Labute approximate surface area is 117 Å². The fourth-order valence-electron chi connectivity index (χ4n) is 2.47. The molecule has 3 rings (SSSR count). The smallest absolute Gasteiger partial charge is 0.123 e. The van der Waals surface area contributed by atoms with Crippen LogP contribution in [0.4, 0.5) is 0 Å². The topological polar surface area (TPSA) is 50.9 Å². The number of rotatable bonds is 3. The molecule has 0 aliphatic carbocycles. The first-order valence-corrected chi connectivity index (χ1v) is 6.72. The lowest BCUT2D eigenvalue weighted by Crippen LogP contribution is -2.10. The fourth-order valence-corrected chi connectivity index (χ4v) is 2.47. The van der Waals surface area contributed by atoms with E-state index in [9.17, 15) is 5.11 Å². The molecule has 3 aromatic rings. The Morgan fingerprint density at radius 3 is 2.75 bits per heavy atom. The third-order valence-electron chi connectivity index (χ3n) is 3.49. The van der Waals surface area contributed by atoms with Crippen molar-refractivity contribution in [3.63, 3.8) is 0 Å². The predicted octanol–water partition coefficient (Wildman–Crippen LogP) is 3.09. The molecule has 4 nitrogen and oxygen atoms in total. The SMILES string of the molecule is CC(C)n1cncc1C(O)c1cccc2cccnc12. The molecule has 0 amide bonds. The van der Waals surface area contributed by atoms with E-state index in [1.807, 2.05) is 34.9 Å². The van der Waals surface area contributed by atoms with Gasteiger partial charge in [0.25, 0.3) is 0 Å². The standard InChI is InChI=1S/C16H17N3O/c1-11(2)19-10-17-9-14(19)16(20)13-7-3-5-12-6-4-8-18-15(12)13/h3-11,16,20H,1-2H3. The Morgan fingerprint density at radius 1 is 1.15 bits per heavy atom. The lowest BCUT2D eigenvalue weighted by Gasteiger charge is -2.17. The Hall–Kier alpha value is -2.20. The van der Waals surface area contributed by atoms with E-state index >= 15 is 0 Å². The Morgan fingerprint density at radius 2 is 1.95 bits per heavy atom. The zero-order chi connectivity index (χ0) is 14.1. The Balaban J connectivity index is 2.13. The van der Waals surface area contributed by atoms with Crippen LogP contribution in [0, 0.1) is 0 Å². The van der Waals surface area contributed by atoms with E-state index in [1.54, 1.807) is 18.7 Å². The van der Waals surface area contributed by atoms with Crippen molar-refractivity contribution in [2.75, 3.05) is 0 Å². The van der Waals surface area contributed by atoms with E-state index in [0.29, 0.717) is 0 Å². The highest BCUT2D eigenvalue weighted by atomic mass is 16.3. The van der Waals surface area contributed by atoms with Gasteiger partial charge in [-0.25, -0.2) is 4.98 Å². The van der Waals surface area contributed by atoms with Crippen LogP contribution in [0.3, 0.4) is 0 Å². The molecule has 4 heteroatoms. The van der Waals surface area contributed by atoms with Crippen LogP contribution in [-0.2, 0) is 0 Å². The summed E-state index contributed by atoms with van der Waals surface area (Å²) in [4.78, 5) is 8.55. The van der Waals surface area contributed by atoms with Crippen molar-refractivity contribution in [1.82, 2.24) is 14.5 Å². The second-order valence-corrected chi connectivity index (χ2v) is 5.14. The molecule has 0 saturated heterocycles. The van der Waals surface area contributed by atoms with Gasteiger partial charge >= 0.3 is 0 Å². The minimum Gasteiger partial charge on any atom is -0.382 e. The first kappa shape index (κ1) is 12.8. The predicted molar refractivity (Wildman–Crippen MR) is 78.4 cm³/mol. The highest BCUT2D eigenvalue weighted by Gasteiger charge is 2.19. The van der Waals surface area contributed by atoms with Gasteiger partial charge in [0.1, 0.15) is 6.10 Å². The molecule has 0 spiro atoms. The number of fused-ring (bicyclic) bond motifs is 1. The van der Waals surface area contributed by atoms with Crippen LogP contribution in [0.15, 0.2) is 49.1 Å². The molecular weight excluding hydrogens is 250 g/mol. The first-order valence-electron chi connectivity index (χ1n) is 6.72. The molecule has 0 aliphatic rings. The van der Waals surface area contributed by atoms with Gasteiger partial charge in [-0.3, -0.25) is 4.98 Å². The summed E-state index contributed by atoms with van der Waals surface area (Å²) in [5.41, 5.74) is 2.43. The maximum Gasteiger partial charge on any atom is 0.123 e. The molecule has 0 bridgehead atoms. The summed E-state index contributed by atoms with van der Waals surface area (Å²) in [6, 6.07) is 10.0. The molecular formula is C16H17N3O. The number of hydrogen-bond donors (Lipinski definition) is 1. The van der Waals surface area contributed by atoms with Crippen molar-refractivity contribution in [2.45, 2.75) is 26.0 Å². The first-order chi connectivity index (χ1) is 9.68.